The van der Waals surface area contributed by atoms with Crippen molar-refractivity contribution in [3.8, 4) is 0 Å². The minimum atomic E-state index is -0.0285. The topological polar surface area (TPSA) is 30.5 Å². The van der Waals surface area contributed by atoms with Crippen LogP contribution in [-0.4, -0.2) is 38.0 Å². The predicted octanol–water partition coefficient (Wildman–Crippen LogP) is 5.67. The molecule has 0 saturated carbocycles. The summed E-state index contributed by atoms with van der Waals surface area (Å²) in [5.41, 5.74) is -0.0285. The van der Waals surface area contributed by atoms with Gasteiger partial charge >= 0.3 is 0 Å². The standard InChI is InChI=1S/C22H47NO2/c1-17(2)14-20(5)23-12-10-18(3)15-21(6)25-13-11-19(4)16-22(7,8)24-9/h17-21,23H,10-16H2,1-9H3. The van der Waals surface area contributed by atoms with E-state index >= 15 is 0 Å². The van der Waals surface area contributed by atoms with Gasteiger partial charge in [-0.2, -0.15) is 0 Å². The van der Waals surface area contributed by atoms with Gasteiger partial charge < -0.3 is 14.8 Å². The normalized spacial score (nSPS) is 17.5. The number of hydrogen-bond acceptors (Lipinski definition) is 3. The van der Waals surface area contributed by atoms with Gasteiger partial charge in [-0.3, -0.25) is 0 Å². The highest BCUT2D eigenvalue weighted by Gasteiger charge is 2.20. The van der Waals surface area contributed by atoms with Crippen LogP contribution in [-0.2, 0) is 9.47 Å². The third-order valence-corrected chi connectivity index (χ3v) is 5.09. The summed E-state index contributed by atoms with van der Waals surface area (Å²) in [4.78, 5) is 0. The van der Waals surface area contributed by atoms with Crippen LogP contribution in [0.1, 0.15) is 87.5 Å². The van der Waals surface area contributed by atoms with Crippen LogP contribution in [0.15, 0.2) is 0 Å². The third kappa shape index (κ3) is 14.7. The third-order valence-electron chi connectivity index (χ3n) is 5.09. The fraction of sp³-hybridized carbons (Fsp3) is 1.00. The molecule has 0 aromatic heterocycles. The molecule has 0 aliphatic rings. The van der Waals surface area contributed by atoms with Crippen LogP contribution in [0, 0.1) is 17.8 Å². The van der Waals surface area contributed by atoms with Crippen molar-refractivity contribution in [2.75, 3.05) is 20.3 Å². The maximum Gasteiger partial charge on any atom is 0.0625 e. The highest BCUT2D eigenvalue weighted by atomic mass is 16.5. The Kier molecular flexibility index (Phi) is 13.0. The monoisotopic (exact) mass is 357 g/mol. The Morgan fingerprint density at radius 2 is 1.52 bits per heavy atom. The van der Waals surface area contributed by atoms with Crippen molar-refractivity contribution in [1.82, 2.24) is 5.32 Å². The molecule has 0 spiro atoms. The van der Waals surface area contributed by atoms with Crippen LogP contribution in [0.5, 0.6) is 0 Å². The van der Waals surface area contributed by atoms with E-state index < -0.39 is 0 Å². The van der Waals surface area contributed by atoms with Crippen molar-refractivity contribution in [1.29, 1.82) is 0 Å². The molecule has 0 bridgehead atoms. The van der Waals surface area contributed by atoms with E-state index in [0.29, 0.717) is 24.0 Å². The number of methoxy groups -OCH3 is 1. The fourth-order valence-corrected chi connectivity index (χ4v) is 3.61. The number of hydrogen-bond donors (Lipinski definition) is 1. The van der Waals surface area contributed by atoms with Crippen LogP contribution in [0.25, 0.3) is 0 Å². The molecule has 0 aromatic rings. The maximum absolute atomic E-state index is 6.05. The van der Waals surface area contributed by atoms with Gasteiger partial charge in [-0.15, -0.1) is 0 Å². The molecular formula is C22H47NO2. The second kappa shape index (κ2) is 13.1. The molecule has 3 heteroatoms. The summed E-state index contributed by atoms with van der Waals surface area (Å²) < 4.78 is 11.6. The fourth-order valence-electron chi connectivity index (χ4n) is 3.61. The lowest BCUT2D eigenvalue weighted by molar-refractivity contribution is -0.00533. The van der Waals surface area contributed by atoms with E-state index in [2.05, 4.69) is 60.7 Å². The summed E-state index contributed by atoms with van der Waals surface area (Å²) in [5.74, 6) is 2.11. The Morgan fingerprint density at radius 3 is 2.08 bits per heavy atom. The Hall–Kier alpha value is -0.120. The van der Waals surface area contributed by atoms with Gasteiger partial charge in [-0.25, -0.2) is 0 Å². The van der Waals surface area contributed by atoms with Gasteiger partial charge in [0.2, 0.25) is 0 Å². The minimum absolute atomic E-state index is 0.0285. The van der Waals surface area contributed by atoms with E-state index in [1.54, 1.807) is 7.11 Å². The molecule has 0 saturated heterocycles. The molecule has 1 N–H and O–H groups in total. The van der Waals surface area contributed by atoms with Crippen molar-refractivity contribution in [2.24, 2.45) is 17.8 Å². The molecule has 0 aliphatic heterocycles. The van der Waals surface area contributed by atoms with Gasteiger partial charge in [-0.1, -0.05) is 27.7 Å². The van der Waals surface area contributed by atoms with Gasteiger partial charge in [0.15, 0.2) is 0 Å². The zero-order valence-electron chi connectivity index (χ0n) is 18.7. The van der Waals surface area contributed by atoms with E-state index in [0.717, 1.165) is 38.3 Å². The first kappa shape index (κ1) is 24.9. The van der Waals surface area contributed by atoms with Crippen molar-refractivity contribution in [3.05, 3.63) is 0 Å². The second-order valence-electron chi connectivity index (χ2n) is 9.36. The largest absolute Gasteiger partial charge is 0.379 e. The first-order valence-corrected chi connectivity index (χ1v) is 10.5. The average Bonchev–Trinajstić information content (AvgIpc) is 2.45. The van der Waals surface area contributed by atoms with Gasteiger partial charge in [0.1, 0.15) is 0 Å². The first-order valence-electron chi connectivity index (χ1n) is 10.5. The Balaban J connectivity index is 3.78. The smallest absolute Gasteiger partial charge is 0.0625 e. The molecule has 3 nitrogen and oxygen atoms in total. The van der Waals surface area contributed by atoms with E-state index in [1.807, 2.05) is 0 Å². The molecule has 152 valence electrons. The molecule has 0 aromatic carbocycles. The van der Waals surface area contributed by atoms with E-state index in [9.17, 15) is 0 Å². The molecule has 0 aliphatic carbocycles. The lowest BCUT2D eigenvalue weighted by atomic mass is 9.92. The average molecular weight is 358 g/mol. The SMILES string of the molecule is COC(C)(C)CC(C)CCOC(C)CC(C)CCNC(C)CC(C)C. The number of rotatable bonds is 15. The summed E-state index contributed by atoms with van der Waals surface area (Å²) in [5, 5.41) is 3.65. The van der Waals surface area contributed by atoms with Crippen molar-refractivity contribution >= 4 is 0 Å². The molecule has 4 atom stereocenters. The number of ether oxygens (including phenoxy) is 2. The summed E-state index contributed by atoms with van der Waals surface area (Å²) in [7, 11) is 1.80. The van der Waals surface area contributed by atoms with Crippen LogP contribution in [0.4, 0.5) is 0 Å². The first-order chi connectivity index (χ1) is 11.6. The van der Waals surface area contributed by atoms with E-state index in [4.69, 9.17) is 9.47 Å². The summed E-state index contributed by atoms with van der Waals surface area (Å²) >= 11 is 0. The summed E-state index contributed by atoms with van der Waals surface area (Å²) in [6.07, 6.45) is 6.18. The minimum Gasteiger partial charge on any atom is -0.379 e. The molecule has 0 amide bonds. The maximum atomic E-state index is 6.05. The van der Waals surface area contributed by atoms with Gasteiger partial charge in [-0.05, 0) is 84.1 Å². The van der Waals surface area contributed by atoms with Crippen LogP contribution in [0.2, 0.25) is 0 Å². The van der Waals surface area contributed by atoms with Crippen molar-refractivity contribution in [3.63, 3.8) is 0 Å². The molecule has 0 heterocycles. The van der Waals surface area contributed by atoms with Gasteiger partial charge in [0, 0.05) is 19.8 Å². The van der Waals surface area contributed by atoms with Gasteiger partial charge in [0.25, 0.3) is 0 Å². The highest BCUT2D eigenvalue weighted by molar-refractivity contribution is 4.71. The zero-order valence-corrected chi connectivity index (χ0v) is 18.7. The molecule has 0 rings (SSSR count). The Bertz CT molecular complexity index is 317. The summed E-state index contributed by atoms with van der Waals surface area (Å²) in [6.45, 7) is 20.0. The van der Waals surface area contributed by atoms with Crippen molar-refractivity contribution in [2.45, 2.75) is 105 Å². The second-order valence-corrected chi connectivity index (χ2v) is 9.36. The van der Waals surface area contributed by atoms with Crippen LogP contribution in [0.3, 0.4) is 0 Å². The van der Waals surface area contributed by atoms with Crippen LogP contribution < -0.4 is 5.32 Å². The lowest BCUT2D eigenvalue weighted by Crippen LogP contribution is -2.29. The Labute approximate surface area is 158 Å². The molecule has 0 fully saturated rings. The molecular weight excluding hydrogens is 310 g/mol. The van der Waals surface area contributed by atoms with E-state index in [-0.39, 0.29) is 5.60 Å². The molecule has 0 radical (unpaired) electrons. The van der Waals surface area contributed by atoms with Crippen molar-refractivity contribution < 1.29 is 9.47 Å². The van der Waals surface area contributed by atoms with Crippen LogP contribution >= 0.6 is 0 Å². The summed E-state index contributed by atoms with van der Waals surface area (Å²) in [6, 6.07) is 0.624. The lowest BCUT2D eigenvalue weighted by Gasteiger charge is -2.27. The Morgan fingerprint density at radius 1 is 0.880 bits per heavy atom. The predicted molar refractivity (Wildman–Crippen MR) is 110 cm³/mol. The van der Waals surface area contributed by atoms with Gasteiger partial charge in [0.05, 0.1) is 11.7 Å². The number of nitrogens with one attached hydrogen (secondary N) is 1. The van der Waals surface area contributed by atoms with E-state index in [1.165, 1.54) is 12.8 Å². The highest BCUT2D eigenvalue weighted by Crippen LogP contribution is 2.22. The zero-order chi connectivity index (χ0) is 19.5. The molecule has 4 unspecified atom stereocenters. The molecule has 25 heavy (non-hydrogen) atoms. The quantitative estimate of drug-likeness (QED) is 0.409.